The highest BCUT2D eigenvalue weighted by Gasteiger charge is 2.19. The van der Waals surface area contributed by atoms with Crippen LogP contribution in [0.5, 0.6) is 0 Å². The molecule has 6 heteroatoms. The van der Waals surface area contributed by atoms with Gasteiger partial charge in [-0.25, -0.2) is 4.99 Å². The Hall–Kier alpha value is -0.790. The Morgan fingerprint density at radius 3 is 2.67 bits per heavy atom. The summed E-state index contributed by atoms with van der Waals surface area (Å²) in [7, 11) is 0. The van der Waals surface area contributed by atoms with Crippen LogP contribution >= 0.6 is 35.6 Å². The van der Waals surface area contributed by atoms with Crippen molar-refractivity contribution in [2.45, 2.75) is 26.3 Å². The number of guanidine groups is 1. The van der Waals surface area contributed by atoms with Crippen molar-refractivity contribution in [2.75, 3.05) is 26.2 Å². The van der Waals surface area contributed by atoms with E-state index in [-0.39, 0.29) is 24.0 Å². The van der Waals surface area contributed by atoms with Gasteiger partial charge < -0.3 is 11.1 Å². The first-order valence-corrected chi connectivity index (χ1v) is 8.56. The molecular formula is C18H28ClIN4. The number of piperidine rings is 1. The van der Waals surface area contributed by atoms with Crippen LogP contribution in [0, 0.1) is 5.92 Å². The normalized spacial score (nSPS) is 16.5. The molecule has 0 aliphatic carbocycles. The molecule has 134 valence electrons. The fourth-order valence-corrected chi connectivity index (χ4v) is 2.94. The van der Waals surface area contributed by atoms with Crippen LogP contribution in [0.25, 0.3) is 0 Å². The number of hydrogen-bond donors (Lipinski definition) is 2. The SMILES string of the molecule is C=C(C)CN=C(N)NCC1CCN(Cc2ccccc2Cl)CC1.I. The van der Waals surface area contributed by atoms with Crippen LogP contribution in [0.4, 0.5) is 0 Å². The molecule has 0 aromatic heterocycles. The Kier molecular flexibility index (Phi) is 9.69. The Morgan fingerprint density at radius 1 is 1.38 bits per heavy atom. The average Bonchev–Trinajstić information content (AvgIpc) is 2.54. The third-order valence-corrected chi connectivity index (χ3v) is 4.52. The van der Waals surface area contributed by atoms with Gasteiger partial charge in [-0.05, 0) is 50.4 Å². The van der Waals surface area contributed by atoms with Gasteiger partial charge >= 0.3 is 0 Å². The summed E-state index contributed by atoms with van der Waals surface area (Å²) in [6.45, 7) is 10.4. The van der Waals surface area contributed by atoms with E-state index in [2.05, 4.69) is 27.9 Å². The van der Waals surface area contributed by atoms with E-state index < -0.39 is 0 Å². The Balaban J connectivity index is 0.00000288. The first kappa shape index (κ1) is 21.3. The van der Waals surface area contributed by atoms with Crippen LogP contribution in [-0.4, -0.2) is 37.0 Å². The fraction of sp³-hybridized carbons (Fsp3) is 0.500. The van der Waals surface area contributed by atoms with Crippen molar-refractivity contribution in [1.29, 1.82) is 0 Å². The Labute approximate surface area is 167 Å². The highest BCUT2D eigenvalue weighted by atomic mass is 127. The summed E-state index contributed by atoms with van der Waals surface area (Å²) in [5.41, 5.74) is 8.08. The Bertz CT molecular complexity index is 554. The molecule has 3 N–H and O–H groups in total. The molecule has 0 bridgehead atoms. The molecule has 1 aliphatic rings. The topological polar surface area (TPSA) is 53.6 Å². The second kappa shape index (κ2) is 10.9. The molecule has 0 amide bonds. The van der Waals surface area contributed by atoms with Crippen molar-refractivity contribution in [3.05, 3.63) is 47.0 Å². The minimum Gasteiger partial charge on any atom is -0.370 e. The second-order valence-corrected chi connectivity index (χ2v) is 6.76. The minimum atomic E-state index is 0. The van der Waals surface area contributed by atoms with Crippen LogP contribution in [0.1, 0.15) is 25.3 Å². The number of aliphatic imine (C=N–C) groups is 1. The lowest BCUT2D eigenvalue weighted by molar-refractivity contribution is 0.178. The molecule has 1 aromatic carbocycles. The summed E-state index contributed by atoms with van der Waals surface area (Å²) in [6, 6.07) is 8.09. The molecule has 1 aromatic rings. The van der Waals surface area contributed by atoms with E-state index >= 15 is 0 Å². The maximum Gasteiger partial charge on any atom is 0.188 e. The zero-order valence-corrected chi connectivity index (χ0v) is 17.4. The highest BCUT2D eigenvalue weighted by Crippen LogP contribution is 2.21. The van der Waals surface area contributed by atoms with Crippen LogP contribution in [0.15, 0.2) is 41.4 Å². The molecule has 0 unspecified atom stereocenters. The number of nitrogens with zero attached hydrogens (tertiary/aromatic N) is 2. The van der Waals surface area contributed by atoms with Gasteiger partial charge in [0.05, 0.1) is 6.54 Å². The van der Waals surface area contributed by atoms with Gasteiger partial charge in [-0.1, -0.05) is 42.0 Å². The molecule has 24 heavy (non-hydrogen) atoms. The van der Waals surface area contributed by atoms with Gasteiger partial charge in [-0.2, -0.15) is 0 Å². The number of rotatable bonds is 6. The lowest BCUT2D eigenvalue weighted by Crippen LogP contribution is -2.40. The van der Waals surface area contributed by atoms with E-state index in [9.17, 15) is 0 Å². The van der Waals surface area contributed by atoms with Crippen molar-refractivity contribution in [3.63, 3.8) is 0 Å². The molecule has 1 aliphatic heterocycles. The standard InChI is InChI=1S/C18H27ClN4.HI/c1-14(2)11-21-18(20)22-12-15-7-9-23(10-8-15)13-16-5-3-4-6-17(16)19;/h3-6,15H,1,7-13H2,2H3,(H3,20,21,22);1H. The lowest BCUT2D eigenvalue weighted by Gasteiger charge is -2.32. The number of halogens is 2. The third-order valence-electron chi connectivity index (χ3n) is 4.15. The predicted molar refractivity (Wildman–Crippen MR) is 114 cm³/mol. The second-order valence-electron chi connectivity index (χ2n) is 6.35. The molecule has 2 rings (SSSR count). The molecule has 0 radical (unpaired) electrons. The number of hydrogen-bond acceptors (Lipinski definition) is 2. The van der Waals surface area contributed by atoms with E-state index in [0.29, 0.717) is 18.4 Å². The minimum absolute atomic E-state index is 0. The van der Waals surface area contributed by atoms with Crippen molar-refractivity contribution in [1.82, 2.24) is 10.2 Å². The smallest absolute Gasteiger partial charge is 0.188 e. The number of benzene rings is 1. The number of nitrogens with two attached hydrogens (primary N) is 1. The van der Waals surface area contributed by atoms with Gasteiger partial charge in [0, 0.05) is 18.1 Å². The van der Waals surface area contributed by atoms with Gasteiger partial charge in [-0.15, -0.1) is 24.0 Å². The van der Waals surface area contributed by atoms with Gasteiger partial charge in [-0.3, -0.25) is 4.90 Å². The van der Waals surface area contributed by atoms with E-state index in [1.165, 1.54) is 18.4 Å². The number of nitrogens with one attached hydrogen (secondary N) is 1. The van der Waals surface area contributed by atoms with Crippen molar-refractivity contribution in [3.8, 4) is 0 Å². The van der Waals surface area contributed by atoms with Crippen LogP contribution in [-0.2, 0) is 6.54 Å². The first-order chi connectivity index (χ1) is 11.0. The molecule has 0 atom stereocenters. The molecule has 0 saturated carbocycles. The van der Waals surface area contributed by atoms with Gasteiger partial charge in [0.1, 0.15) is 0 Å². The van der Waals surface area contributed by atoms with Gasteiger partial charge in [0.15, 0.2) is 5.96 Å². The molecular weight excluding hydrogens is 435 g/mol. The number of likely N-dealkylation sites (tertiary alicyclic amines) is 1. The zero-order valence-electron chi connectivity index (χ0n) is 14.3. The molecule has 1 saturated heterocycles. The summed E-state index contributed by atoms with van der Waals surface area (Å²) in [5, 5.41) is 4.09. The molecule has 0 spiro atoms. The molecule has 1 fully saturated rings. The van der Waals surface area contributed by atoms with Gasteiger partial charge in [0.2, 0.25) is 0 Å². The summed E-state index contributed by atoms with van der Waals surface area (Å²) in [6.07, 6.45) is 2.34. The summed E-state index contributed by atoms with van der Waals surface area (Å²) >= 11 is 6.24. The average molecular weight is 463 g/mol. The summed E-state index contributed by atoms with van der Waals surface area (Å²) in [5.74, 6) is 1.17. The van der Waals surface area contributed by atoms with Crippen LogP contribution < -0.4 is 11.1 Å². The highest BCUT2D eigenvalue weighted by molar-refractivity contribution is 14.0. The summed E-state index contributed by atoms with van der Waals surface area (Å²) < 4.78 is 0. The Morgan fingerprint density at radius 2 is 2.04 bits per heavy atom. The van der Waals surface area contributed by atoms with Crippen LogP contribution in [0.3, 0.4) is 0 Å². The quantitative estimate of drug-likeness (QED) is 0.294. The third kappa shape index (κ3) is 7.40. The first-order valence-electron chi connectivity index (χ1n) is 8.18. The molecule has 4 nitrogen and oxygen atoms in total. The predicted octanol–water partition coefficient (Wildman–Crippen LogP) is 3.65. The van der Waals surface area contributed by atoms with Crippen molar-refractivity contribution < 1.29 is 0 Å². The largest absolute Gasteiger partial charge is 0.370 e. The fourth-order valence-electron chi connectivity index (χ4n) is 2.74. The summed E-state index contributed by atoms with van der Waals surface area (Å²) in [4.78, 5) is 6.72. The monoisotopic (exact) mass is 462 g/mol. The molecule has 1 heterocycles. The van der Waals surface area contributed by atoms with Crippen molar-refractivity contribution in [2.24, 2.45) is 16.6 Å². The van der Waals surface area contributed by atoms with E-state index in [1.807, 2.05) is 25.1 Å². The maximum atomic E-state index is 6.24. The van der Waals surface area contributed by atoms with Gasteiger partial charge in [0.25, 0.3) is 0 Å². The zero-order chi connectivity index (χ0) is 16.7. The van der Waals surface area contributed by atoms with Crippen LogP contribution in [0.2, 0.25) is 5.02 Å². The van der Waals surface area contributed by atoms with Crippen molar-refractivity contribution >= 4 is 41.5 Å². The van der Waals surface area contributed by atoms with E-state index in [0.717, 1.165) is 36.8 Å². The van der Waals surface area contributed by atoms with E-state index in [4.69, 9.17) is 17.3 Å². The lowest BCUT2D eigenvalue weighted by atomic mass is 9.96. The maximum absolute atomic E-state index is 6.24. The van der Waals surface area contributed by atoms with E-state index in [1.54, 1.807) is 0 Å².